The largest absolute Gasteiger partial charge is 0.337 e. The zero-order valence-corrected chi connectivity index (χ0v) is 18.9. The molecule has 0 spiro atoms. The lowest BCUT2D eigenvalue weighted by molar-refractivity contribution is -0.202. The molecule has 1 atom stereocenters. The van der Waals surface area contributed by atoms with Crippen LogP contribution in [-0.4, -0.2) is 29.8 Å². The summed E-state index contributed by atoms with van der Waals surface area (Å²) in [6.45, 7) is 5.96. The van der Waals surface area contributed by atoms with Crippen molar-refractivity contribution in [3.8, 4) is 11.5 Å². The number of Topliss-reactive ketones (excluding diaryl/α,β-unsaturated/α-hetero) is 2. The number of carbonyl (C=O) groups excluding carboxylic acids is 2. The lowest BCUT2D eigenvalue weighted by atomic mass is 9.79. The summed E-state index contributed by atoms with van der Waals surface area (Å²) >= 11 is 0. The minimum absolute atomic E-state index is 0.245. The topological polar surface area (TPSA) is 84.0 Å². The second kappa shape index (κ2) is 11.9. The second-order valence-electron chi connectivity index (χ2n) is 7.22. The van der Waals surface area contributed by atoms with Gasteiger partial charge in [0.1, 0.15) is 0 Å². The number of nitrogens with zero attached hydrogens (tertiary/aromatic N) is 1. The Morgan fingerprint density at radius 3 is 1.70 bits per heavy atom. The molecule has 0 fully saturated rings. The third-order valence-corrected chi connectivity index (χ3v) is 5.06. The zero-order valence-electron chi connectivity index (χ0n) is 18.9. The van der Waals surface area contributed by atoms with Crippen LogP contribution in [0.5, 0.6) is 11.5 Å². The molecule has 1 heterocycles. The maximum atomic E-state index is 13.8. The van der Waals surface area contributed by atoms with Crippen LogP contribution in [0.15, 0.2) is 72.9 Å². The van der Waals surface area contributed by atoms with Crippen LogP contribution in [0, 0.1) is 5.92 Å². The van der Waals surface area contributed by atoms with Crippen molar-refractivity contribution < 1.29 is 29.1 Å². The van der Waals surface area contributed by atoms with Gasteiger partial charge in [-0.2, -0.15) is 9.78 Å². The Morgan fingerprint density at radius 2 is 1.24 bits per heavy atom. The SMILES string of the molecule is CCOOc1ccccc1C(=O)C(C(=O)c1ccccc1OOCC)C(C)c1ccccn1. The van der Waals surface area contributed by atoms with Crippen LogP contribution < -0.4 is 9.78 Å². The van der Waals surface area contributed by atoms with Crippen LogP contribution in [0.2, 0.25) is 0 Å². The fourth-order valence-corrected chi connectivity index (χ4v) is 3.45. The van der Waals surface area contributed by atoms with Gasteiger partial charge in [0, 0.05) is 17.8 Å². The molecule has 0 saturated heterocycles. The van der Waals surface area contributed by atoms with Gasteiger partial charge < -0.3 is 9.78 Å². The lowest BCUT2D eigenvalue weighted by Crippen LogP contribution is -2.30. The van der Waals surface area contributed by atoms with Crippen molar-refractivity contribution in [2.24, 2.45) is 5.92 Å². The van der Waals surface area contributed by atoms with Gasteiger partial charge in [0.15, 0.2) is 23.1 Å². The van der Waals surface area contributed by atoms with Gasteiger partial charge in [0.05, 0.1) is 30.3 Å². The van der Waals surface area contributed by atoms with E-state index in [1.165, 1.54) is 0 Å². The molecule has 1 unspecified atom stereocenters. The van der Waals surface area contributed by atoms with Gasteiger partial charge in [0.25, 0.3) is 0 Å². The number of ketones is 2. The summed E-state index contributed by atoms with van der Waals surface area (Å²) in [6, 6.07) is 18.8. The van der Waals surface area contributed by atoms with Gasteiger partial charge in [0.2, 0.25) is 0 Å². The Morgan fingerprint density at radius 1 is 0.758 bits per heavy atom. The number of aromatic nitrogens is 1. The van der Waals surface area contributed by atoms with Crippen molar-refractivity contribution in [1.82, 2.24) is 4.98 Å². The smallest absolute Gasteiger partial charge is 0.178 e. The summed E-state index contributed by atoms with van der Waals surface area (Å²) in [6.07, 6.45) is 1.64. The first-order chi connectivity index (χ1) is 16.1. The van der Waals surface area contributed by atoms with Crippen molar-refractivity contribution in [1.29, 1.82) is 0 Å². The van der Waals surface area contributed by atoms with E-state index in [1.807, 2.05) is 6.07 Å². The fraction of sp³-hybridized carbons (Fsp3) is 0.269. The first-order valence-corrected chi connectivity index (χ1v) is 10.8. The predicted octanol–water partition coefficient (Wildman–Crippen LogP) is 5.23. The molecule has 0 aliphatic heterocycles. The van der Waals surface area contributed by atoms with E-state index in [-0.39, 0.29) is 22.6 Å². The van der Waals surface area contributed by atoms with Gasteiger partial charge in [-0.3, -0.25) is 14.6 Å². The van der Waals surface area contributed by atoms with E-state index >= 15 is 0 Å². The first kappa shape index (κ1) is 24.1. The highest BCUT2D eigenvalue weighted by Crippen LogP contribution is 2.34. The van der Waals surface area contributed by atoms with E-state index in [2.05, 4.69) is 4.98 Å². The van der Waals surface area contributed by atoms with Gasteiger partial charge in [-0.15, -0.1) is 0 Å². The highest BCUT2D eigenvalue weighted by atomic mass is 17.2. The molecule has 0 saturated carbocycles. The van der Waals surface area contributed by atoms with Crippen LogP contribution in [-0.2, 0) is 9.78 Å². The average Bonchev–Trinajstić information content (AvgIpc) is 2.87. The van der Waals surface area contributed by atoms with Crippen LogP contribution in [0.25, 0.3) is 0 Å². The van der Waals surface area contributed by atoms with Gasteiger partial charge in [-0.05, 0) is 50.2 Å². The molecule has 7 nitrogen and oxygen atoms in total. The molecule has 33 heavy (non-hydrogen) atoms. The standard InChI is InChI=1S/C26H27NO6/c1-4-30-32-22-15-8-6-12-19(22)25(28)24(18(3)21-14-10-11-17-27-21)26(29)20-13-7-9-16-23(20)33-31-5-2/h6-18,24H,4-5H2,1-3H3. The normalized spacial score (nSPS) is 11.8. The highest BCUT2D eigenvalue weighted by molar-refractivity contribution is 6.18. The maximum absolute atomic E-state index is 13.8. The molecule has 0 N–H and O–H groups in total. The van der Waals surface area contributed by atoms with E-state index < -0.39 is 23.4 Å². The van der Waals surface area contributed by atoms with Gasteiger partial charge in [-0.1, -0.05) is 37.3 Å². The van der Waals surface area contributed by atoms with Crippen molar-refractivity contribution in [3.63, 3.8) is 0 Å². The molecular formula is C26H27NO6. The van der Waals surface area contributed by atoms with E-state index in [4.69, 9.17) is 19.6 Å². The van der Waals surface area contributed by atoms with E-state index in [0.717, 1.165) is 0 Å². The molecule has 1 aromatic heterocycles. The minimum atomic E-state index is -1.09. The monoisotopic (exact) mass is 449 g/mol. The molecule has 3 rings (SSSR count). The summed E-state index contributed by atoms with van der Waals surface area (Å²) in [7, 11) is 0. The number of hydrogen-bond donors (Lipinski definition) is 0. The number of hydrogen-bond acceptors (Lipinski definition) is 7. The molecule has 0 aliphatic carbocycles. The van der Waals surface area contributed by atoms with E-state index in [1.54, 1.807) is 87.6 Å². The number of pyridine rings is 1. The maximum Gasteiger partial charge on any atom is 0.178 e. The summed E-state index contributed by atoms with van der Waals surface area (Å²) in [4.78, 5) is 52.8. The van der Waals surface area contributed by atoms with Crippen molar-refractivity contribution in [3.05, 3.63) is 89.7 Å². The van der Waals surface area contributed by atoms with E-state index in [0.29, 0.717) is 18.9 Å². The van der Waals surface area contributed by atoms with Crippen molar-refractivity contribution in [2.75, 3.05) is 13.2 Å². The highest BCUT2D eigenvalue weighted by Gasteiger charge is 2.37. The average molecular weight is 450 g/mol. The van der Waals surface area contributed by atoms with E-state index in [9.17, 15) is 9.59 Å². The molecular weight excluding hydrogens is 422 g/mol. The summed E-state index contributed by atoms with van der Waals surface area (Å²) in [5, 5.41) is 0. The third-order valence-electron chi connectivity index (χ3n) is 5.06. The Hall–Kier alpha value is -3.55. The molecule has 0 amide bonds. The van der Waals surface area contributed by atoms with Crippen molar-refractivity contribution >= 4 is 11.6 Å². The Kier molecular flexibility index (Phi) is 8.69. The molecule has 0 radical (unpaired) electrons. The van der Waals surface area contributed by atoms with Crippen LogP contribution >= 0.6 is 0 Å². The minimum Gasteiger partial charge on any atom is -0.337 e. The van der Waals surface area contributed by atoms with Crippen LogP contribution in [0.4, 0.5) is 0 Å². The third kappa shape index (κ3) is 5.83. The second-order valence-corrected chi connectivity index (χ2v) is 7.22. The fourth-order valence-electron chi connectivity index (χ4n) is 3.45. The van der Waals surface area contributed by atoms with Crippen molar-refractivity contribution in [2.45, 2.75) is 26.7 Å². The zero-order chi connectivity index (χ0) is 23.6. The molecule has 3 aromatic rings. The van der Waals surface area contributed by atoms with Gasteiger partial charge in [-0.25, -0.2) is 0 Å². The quantitative estimate of drug-likeness (QED) is 0.162. The van der Waals surface area contributed by atoms with Crippen LogP contribution in [0.1, 0.15) is 53.1 Å². The number of rotatable bonds is 12. The number of carbonyl (C=O) groups is 2. The summed E-state index contributed by atoms with van der Waals surface area (Å²) < 4.78 is 0. The molecule has 172 valence electrons. The molecule has 2 aromatic carbocycles. The number of para-hydroxylation sites is 2. The molecule has 7 heteroatoms. The molecule has 0 aliphatic rings. The molecule has 0 bridgehead atoms. The Labute approximate surface area is 193 Å². The Balaban J connectivity index is 2.07. The Bertz CT molecular complexity index is 1010. The van der Waals surface area contributed by atoms with Crippen LogP contribution in [0.3, 0.4) is 0 Å². The number of benzene rings is 2. The van der Waals surface area contributed by atoms with Gasteiger partial charge >= 0.3 is 0 Å². The summed E-state index contributed by atoms with van der Waals surface area (Å²) in [5.41, 5.74) is 1.11. The lowest BCUT2D eigenvalue weighted by Gasteiger charge is -2.23. The predicted molar refractivity (Wildman–Crippen MR) is 122 cm³/mol. The first-order valence-electron chi connectivity index (χ1n) is 10.8. The summed E-state index contributed by atoms with van der Waals surface area (Å²) in [5.74, 6) is -1.92.